The summed E-state index contributed by atoms with van der Waals surface area (Å²) in [6.07, 6.45) is 0.888. The van der Waals surface area contributed by atoms with Gasteiger partial charge in [-0.1, -0.05) is 6.92 Å². The van der Waals surface area contributed by atoms with Crippen molar-refractivity contribution >= 4 is 7.60 Å². The van der Waals surface area contributed by atoms with Crippen LogP contribution in [0.25, 0.3) is 0 Å². The van der Waals surface area contributed by atoms with Crippen molar-refractivity contribution in [2.24, 2.45) is 0 Å². The van der Waals surface area contributed by atoms with Crippen LogP contribution in [0.1, 0.15) is 20.3 Å². The fourth-order valence-electron chi connectivity index (χ4n) is 0.760. The second kappa shape index (κ2) is 8.38. The molecule has 0 aromatic heterocycles. The zero-order chi connectivity index (χ0) is 10.9. The summed E-state index contributed by atoms with van der Waals surface area (Å²) in [7, 11) is -2.94. The molecule has 0 spiro atoms. The molecule has 0 bridgehead atoms. The number of hydrogen-bond donors (Lipinski definition) is 1. The molecule has 0 saturated carbocycles. The van der Waals surface area contributed by atoms with Crippen LogP contribution in [0.3, 0.4) is 0 Å². The average Bonchev–Trinajstić information content (AvgIpc) is 2.18. The molecule has 0 aliphatic carbocycles. The minimum Gasteiger partial charge on any atom is -0.396 e. The smallest absolute Gasteiger partial charge is 0.332 e. The first-order valence-corrected chi connectivity index (χ1v) is 6.48. The Morgan fingerprint density at radius 3 is 2.50 bits per heavy atom. The Bertz CT molecular complexity index is 173. The van der Waals surface area contributed by atoms with Gasteiger partial charge in [0.2, 0.25) is 0 Å². The maximum Gasteiger partial charge on any atom is 0.332 e. The van der Waals surface area contributed by atoms with Gasteiger partial charge in [0.25, 0.3) is 0 Å². The molecule has 1 N–H and O–H groups in total. The van der Waals surface area contributed by atoms with Gasteiger partial charge in [-0.25, -0.2) is 0 Å². The van der Waals surface area contributed by atoms with Gasteiger partial charge in [-0.2, -0.15) is 0 Å². The van der Waals surface area contributed by atoms with Crippen LogP contribution in [0.5, 0.6) is 0 Å². The van der Waals surface area contributed by atoms with Crippen molar-refractivity contribution in [1.29, 1.82) is 0 Å². The van der Waals surface area contributed by atoms with Gasteiger partial charge >= 0.3 is 7.60 Å². The lowest BCUT2D eigenvalue weighted by Gasteiger charge is -2.15. The number of aliphatic hydroxyl groups is 1. The van der Waals surface area contributed by atoms with Gasteiger partial charge in [0.1, 0.15) is 0 Å². The molecule has 0 fully saturated rings. The third kappa shape index (κ3) is 6.51. The highest BCUT2D eigenvalue weighted by atomic mass is 31.2. The molecular weight excluding hydrogens is 207 g/mol. The van der Waals surface area contributed by atoms with Crippen LogP contribution in [-0.2, 0) is 18.3 Å². The molecule has 0 radical (unpaired) electrons. The van der Waals surface area contributed by atoms with Crippen LogP contribution in [0.4, 0.5) is 0 Å². The fraction of sp³-hybridized carbons (Fsp3) is 1.00. The molecule has 0 amide bonds. The fourth-order valence-corrected chi connectivity index (χ4v) is 1.83. The molecule has 0 aromatic rings. The largest absolute Gasteiger partial charge is 0.396 e. The van der Waals surface area contributed by atoms with E-state index in [-0.39, 0.29) is 13.4 Å². The lowest BCUT2D eigenvalue weighted by molar-refractivity contribution is 0.000717. The zero-order valence-electron chi connectivity index (χ0n) is 8.77. The molecular formula is C8H19O5P. The van der Waals surface area contributed by atoms with Gasteiger partial charge in [-0.3, -0.25) is 9.09 Å². The molecule has 1 unspecified atom stereocenters. The third-order valence-corrected chi connectivity index (χ3v) is 3.42. The van der Waals surface area contributed by atoms with Crippen molar-refractivity contribution in [2.75, 3.05) is 32.8 Å². The molecule has 0 heterocycles. The minimum absolute atomic E-state index is 0.0505. The Balaban J connectivity index is 3.57. The predicted molar refractivity (Wildman–Crippen MR) is 53.4 cm³/mol. The van der Waals surface area contributed by atoms with E-state index in [1.807, 2.05) is 0 Å². The van der Waals surface area contributed by atoms with Crippen molar-refractivity contribution in [1.82, 2.24) is 0 Å². The number of rotatable bonds is 9. The van der Waals surface area contributed by atoms with Crippen molar-refractivity contribution in [3.05, 3.63) is 0 Å². The monoisotopic (exact) mass is 226 g/mol. The summed E-state index contributed by atoms with van der Waals surface area (Å²) in [5.41, 5.74) is 0. The second-order valence-electron chi connectivity index (χ2n) is 2.58. The summed E-state index contributed by atoms with van der Waals surface area (Å²) in [5.74, 6) is 0. The molecule has 0 rings (SSSR count). The second-order valence-corrected chi connectivity index (χ2v) is 4.95. The topological polar surface area (TPSA) is 65.0 Å². The van der Waals surface area contributed by atoms with E-state index in [2.05, 4.69) is 0 Å². The van der Waals surface area contributed by atoms with Crippen LogP contribution in [0.15, 0.2) is 0 Å². The highest BCUT2D eigenvalue weighted by Gasteiger charge is 2.20. The molecule has 14 heavy (non-hydrogen) atoms. The molecule has 86 valence electrons. The van der Waals surface area contributed by atoms with Crippen molar-refractivity contribution < 1.29 is 23.5 Å². The summed E-state index contributed by atoms with van der Waals surface area (Å²) in [6, 6.07) is 0. The van der Waals surface area contributed by atoms with E-state index in [0.29, 0.717) is 25.8 Å². The summed E-state index contributed by atoms with van der Waals surface area (Å²) in [4.78, 5) is 0. The molecule has 0 aliphatic rings. The van der Waals surface area contributed by atoms with Crippen LogP contribution >= 0.6 is 7.60 Å². The number of ether oxygens (including phenoxy) is 1. The number of aliphatic hydroxyl groups excluding tert-OH is 1. The van der Waals surface area contributed by atoms with Crippen LogP contribution in [0, 0.1) is 0 Å². The summed E-state index contributed by atoms with van der Waals surface area (Å²) >= 11 is 0. The highest BCUT2D eigenvalue weighted by molar-refractivity contribution is 7.53. The van der Waals surface area contributed by atoms with Crippen LogP contribution in [-0.4, -0.2) is 37.9 Å². The summed E-state index contributed by atoms with van der Waals surface area (Å²) in [6.45, 7) is 4.29. The summed E-state index contributed by atoms with van der Waals surface area (Å²) < 4.78 is 26.6. The van der Waals surface area contributed by atoms with Crippen LogP contribution < -0.4 is 0 Å². The maximum absolute atomic E-state index is 11.6. The lowest BCUT2D eigenvalue weighted by Crippen LogP contribution is -2.04. The number of hydrogen-bond acceptors (Lipinski definition) is 5. The molecule has 0 saturated heterocycles. The van der Waals surface area contributed by atoms with E-state index in [4.69, 9.17) is 18.9 Å². The molecule has 0 aromatic carbocycles. The summed E-state index contributed by atoms with van der Waals surface area (Å²) in [5, 5.41) is 8.46. The van der Waals surface area contributed by atoms with E-state index in [0.717, 1.165) is 0 Å². The van der Waals surface area contributed by atoms with Gasteiger partial charge in [0.15, 0.2) is 6.79 Å². The van der Waals surface area contributed by atoms with Gasteiger partial charge in [-0.05, 0) is 13.3 Å². The minimum atomic E-state index is -2.94. The van der Waals surface area contributed by atoms with E-state index < -0.39 is 7.60 Å². The zero-order valence-corrected chi connectivity index (χ0v) is 9.66. The molecule has 5 nitrogen and oxygen atoms in total. The Morgan fingerprint density at radius 2 is 2.00 bits per heavy atom. The lowest BCUT2D eigenvalue weighted by atomic mass is 10.5. The van der Waals surface area contributed by atoms with Gasteiger partial charge in [-0.15, -0.1) is 0 Å². The van der Waals surface area contributed by atoms with E-state index >= 15 is 0 Å². The highest BCUT2D eigenvalue weighted by Crippen LogP contribution is 2.47. The third-order valence-electron chi connectivity index (χ3n) is 1.49. The predicted octanol–water partition coefficient (Wildman–Crippen LogP) is 1.61. The molecule has 0 aliphatic heterocycles. The van der Waals surface area contributed by atoms with E-state index in [1.54, 1.807) is 13.8 Å². The first-order valence-electron chi connectivity index (χ1n) is 4.75. The van der Waals surface area contributed by atoms with Crippen molar-refractivity contribution in [3.8, 4) is 0 Å². The Hall–Kier alpha value is 0.0700. The molecule has 6 heteroatoms. The average molecular weight is 226 g/mol. The van der Waals surface area contributed by atoms with Gasteiger partial charge in [0, 0.05) is 12.8 Å². The van der Waals surface area contributed by atoms with Gasteiger partial charge < -0.3 is 14.4 Å². The molecule has 1 atom stereocenters. The normalized spacial score (nSPS) is 15.4. The van der Waals surface area contributed by atoms with Gasteiger partial charge in [0.05, 0.1) is 13.2 Å². The van der Waals surface area contributed by atoms with E-state index in [9.17, 15) is 4.57 Å². The SMILES string of the molecule is CCOP(=O)(CC)OCOCCCO. The van der Waals surface area contributed by atoms with Crippen molar-refractivity contribution in [2.45, 2.75) is 20.3 Å². The van der Waals surface area contributed by atoms with Crippen molar-refractivity contribution in [3.63, 3.8) is 0 Å². The maximum atomic E-state index is 11.6. The van der Waals surface area contributed by atoms with Crippen LogP contribution in [0.2, 0.25) is 0 Å². The Kier molecular flexibility index (Phi) is 8.43. The van der Waals surface area contributed by atoms with E-state index in [1.165, 1.54) is 0 Å². The quantitative estimate of drug-likeness (QED) is 0.367. The Morgan fingerprint density at radius 1 is 1.29 bits per heavy atom. The Labute approximate surface area is 84.9 Å². The first kappa shape index (κ1) is 14.1. The standard InChI is InChI=1S/C8H19O5P/c1-3-12-14(10,4-2)13-8-11-7-5-6-9/h9H,3-8H2,1-2H3. The first-order chi connectivity index (χ1) is 6.68.